The number of hydrogen-bond donors (Lipinski definition) is 3. The Morgan fingerprint density at radius 2 is 1.74 bits per heavy atom. The quantitative estimate of drug-likeness (QED) is 0.488. The van der Waals surface area contributed by atoms with Gasteiger partial charge in [0.15, 0.2) is 0 Å². The number of aromatic nitrogens is 2. The van der Waals surface area contributed by atoms with Gasteiger partial charge >= 0.3 is 0 Å². The van der Waals surface area contributed by atoms with Gasteiger partial charge in [-0.15, -0.1) is 0 Å². The SMILES string of the molecule is Cc1ccc(C(=O)N2CCC(c3ccc(N)nc3)CC2)cc1NC(=O)c1ccc(NC(C)C)nc1. The summed E-state index contributed by atoms with van der Waals surface area (Å²) in [7, 11) is 0. The molecule has 0 atom stereocenters. The van der Waals surface area contributed by atoms with Crippen molar-refractivity contribution in [1.29, 1.82) is 0 Å². The highest BCUT2D eigenvalue weighted by atomic mass is 16.2. The molecule has 8 heteroatoms. The van der Waals surface area contributed by atoms with Gasteiger partial charge in [-0.2, -0.15) is 0 Å². The molecule has 182 valence electrons. The molecule has 0 bridgehead atoms. The van der Waals surface area contributed by atoms with Crippen LogP contribution in [0.4, 0.5) is 17.3 Å². The Balaban J connectivity index is 1.40. The molecule has 2 aromatic heterocycles. The molecule has 8 nitrogen and oxygen atoms in total. The summed E-state index contributed by atoms with van der Waals surface area (Å²) in [5.41, 5.74) is 9.38. The number of hydrogen-bond acceptors (Lipinski definition) is 6. The van der Waals surface area contributed by atoms with Crippen LogP contribution in [-0.2, 0) is 0 Å². The van der Waals surface area contributed by atoms with E-state index in [4.69, 9.17) is 5.73 Å². The third-order valence-electron chi connectivity index (χ3n) is 6.26. The van der Waals surface area contributed by atoms with Crippen LogP contribution in [0.3, 0.4) is 0 Å². The number of nitrogens with one attached hydrogen (secondary N) is 2. The second-order valence-corrected chi connectivity index (χ2v) is 9.30. The molecule has 0 spiro atoms. The van der Waals surface area contributed by atoms with Crippen LogP contribution in [0.25, 0.3) is 0 Å². The first kappa shape index (κ1) is 24.2. The topological polar surface area (TPSA) is 113 Å². The third kappa shape index (κ3) is 5.95. The van der Waals surface area contributed by atoms with Crippen molar-refractivity contribution in [3.05, 3.63) is 77.1 Å². The fourth-order valence-electron chi connectivity index (χ4n) is 4.25. The van der Waals surface area contributed by atoms with Gasteiger partial charge in [-0.05, 0) is 81.0 Å². The van der Waals surface area contributed by atoms with Crippen LogP contribution in [0.1, 0.15) is 64.4 Å². The molecular formula is C27H32N6O2. The number of pyridine rings is 2. The lowest BCUT2D eigenvalue weighted by Crippen LogP contribution is -2.38. The average Bonchev–Trinajstić information content (AvgIpc) is 2.85. The smallest absolute Gasteiger partial charge is 0.257 e. The standard InChI is InChI=1S/C27H32N6O2/c1-17(2)31-25-9-7-22(16-30-25)26(34)32-23-14-20(5-4-18(23)3)27(35)33-12-10-19(11-13-33)21-6-8-24(28)29-15-21/h4-9,14-17,19H,10-13H2,1-3H3,(H2,28,29)(H,30,31)(H,32,34). The fraction of sp³-hybridized carbons (Fsp3) is 0.333. The predicted molar refractivity (Wildman–Crippen MR) is 139 cm³/mol. The number of nitrogen functional groups attached to an aromatic ring is 1. The molecule has 3 aromatic rings. The van der Waals surface area contributed by atoms with Crippen molar-refractivity contribution in [2.24, 2.45) is 0 Å². The van der Waals surface area contributed by atoms with Crippen molar-refractivity contribution >= 4 is 29.1 Å². The molecule has 4 rings (SSSR count). The van der Waals surface area contributed by atoms with Crippen LogP contribution in [0, 0.1) is 6.92 Å². The molecule has 0 aliphatic carbocycles. The van der Waals surface area contributed by atoms with E-state index in [2.05, 4.69) is 20.6 Å². The van der Waals surface area contributed by atoms with Crippen molar-refractivity contribution < 1.29 is 9.59 Å². The highest BCUT2D eigenvalue weighted by Gasteiger charge is 2.25. The van der Waals surface area contributed by atoms with E-state index in [9.17, 15) is 9.59 Å². The van der Waals surface area contributed by atoms with Crippen molar-refractivity contribution in [2.75, 3.05) is 29.5 Å². The highest BCUT2D eigenvalue weighted by Crippen LogP contribution is 2.29. The van der Waals surface area contributed by atoms with E-state index < -0.39 is 0 Å². The summed E-state index contributed by atoms with van der Waals surface area (Å²) in [6.45, 7) is 7.31. The number of amides is 2. The number of carbonyl (C=O) groups excluding carboxylic acids is 2. The first-order chi connectivity index (χ1) is 16.8. The molecular weight excluding hydrogens is 440 g/mol. The van der Waals surface area contributed by atoms with E-state index in [1.165, 1.54) is 0 Å². The van der Waals surface area contributed by atoms with Gasteiger partial charge in [-0.3, -0.25) is 9.59 Å². The monoisotopic (exact) mass is 472 g/mol. The number of piperidine rings is 1. The maximum atomic E-state index is 13.2. The van der Waals surface area contributed by atoms with E-state index in [1.54, 1.807) is 24.4 Å². The molecule has 2 amide bonds. The second-order valence-electron chi connectivity index (χ2n) is 9.30. The maximum absolute atomic E-state index is 13.2. The minimum Gasteiger partial charge on any atom is -0.384 e. The van der Waals surface area contributed by atoms with Crippen LogP contribution in [-0.4, -0.2) is 45.8 Å². The van der Waals surface area contributed by atoms with Gasteiger partial charge in [0.05, 0.1) is 5.56 Å². The number of rotatable bonds is 6. The summed E-state index contributed by atoms with van der Waals surface area (Å²) in [5.74, 6) is 1.31. The average molecular weight is 473 g/mol. The molecule has 1 aliphatic rings. The molecule has 35 heavy (non-hydrogen) atoms. The molecule has 3 heterocycles. The number of anilines is 3. The zero-order valence-corrected chi connectivity index (χ0v) is 20.4. The van der Waals surface area contributed by atoms with E-state index in [1.807, 2.05) is 56.1 Å². The molecule has 0 radical (unpaired) electrons. The largest absolute Gasteiger partial charge is 0.384 e. The lowest BCUT2D eigenvalue weighted by atomic mass is 9.90. The van der Waals surface area contributed by atoms with E-state index in [-0.39, 0.29) is 17.9 Å². The van der Waals surface area contributed by atoms with Crippen molar-refractivity contribution in [3.8, 4) is 0 Å². The summed E-state index contributed by atoms with van der Waals surface area (Å²) in [5, 5.41) is 6.13. The fourth-order valence-corrected chi connectivity index (χ4v) is 4.25. The number of likely N-dealkylation sites (tertiary alicyclic amines) is 1. The Labute approximate surface area is 206 Å². The lowest BCUT2D eigenvalue weighted by Gasteiger charge is -2.32. The first-order valence-corrected chi connectivity index (χ1v) is 12.0. The molecule has 4 N–H and O–H groups in total. The third-order valence-corrected chi connectivity index (χ3v) is 6.26. The Bertz CT molecular complexity index is 1180. The van der Waals surface area contributed by atoms with Crippen LogP contribution < -0.4 is 16.4 Å². The molecule has 0 unspecified atom stereocenters. The Morgan fingerprint density at radius 3 is 2.37 bits per heavy atom. The Morgan fingerprint density at radius 1 is 1.00 bits per heavy atom. The number of benzene rings is 1. The first-order valence-electron chi connectivity index (χ1n) is 12.0. The number of carbonyl (C=O) groups is 2. The summed E-state index contributed by atoms with van der Waals surface area (Å²) in [6, 6.07) is 13.1. The van der Waals surface area contributed by atoms with Crippen LogP contribution in [0.5, 0.6) is 0 Å². The van der Waals surface area contributed by atoms with E-state index >= 15 is 0 Å². The van der Waals surface area contributed by atoms with Gasteiger partial charge in [0.25, 0.3) is 11.8 Å². The van der Waals surface area contributed by atoms with Crippen LogP contribution >= 0.6 is 0 Å². The minimum atomic E-state index is -0.265. The molecule has 1 aromatic carbocycles. The summed E-state index contributed by atoms with van der Waals surface area (Å²) >= 11 is 0. The van der Waals surface area contributed by atoms with Gasteiger partial charge in [0, 0.05) is 42.8 Å². The van der Waals surface area contributed by atoms with E-state index in [0.29, 0.717) is 41.6 Å². The summed E-state index contributed by atoms with van der Waals surface area (Å²) < 4.78 is 0. The van der Waals surface area contributed by atoms with Gasteiger partial charge < -0.3 is 21.3 Å². The normalized spacial score (nSPS) is 14.1. The van der Waals surface area contributed by atoms with Crippen LogP contribution in [0.15, 0.2) is 54.9 Å². The van der Waals surface area contributed by atoms with Gasteiger partial charge in [-0.1, -0.05) is 12.1 Å². The molecule has 1 aliphatic heterocycles. The Hall–Kier alpha value is -3.94. The van der Waals surface area contributed by atoms with Gasteiger partial charge in [0.1, 0.15) is 11.6 Å². The Kier molecular flexibility index (Phi) is 7.29. The second kappa shape index (κ2) is 10.5. The summed E-state index contributed by atoms with van der Waals surface area (Å²) in [6.07, 6.45) is 5.13. The predicted octanol–water partition coefficient (Wildman–Crippen LogP) is 4.46. The van der Waals surface area contributed by atoms with E-state index in [0.717, 1.165) is 29.8 Å². The number of aryl methyl sites for hydroxylation is 1. The zero-order valence-electron chi connectivity index (χ0n) is 20.4. The van der Waals surface area contributed by atoms with Gasteiger partial charge in [-0.25, -0.2) is 9.97 Å². The minimum absolute atomic E-state index is 0.0276. The van der Waals surface area contributed by atoms with Crippen molar-refractivity contribution in [3.63, 3.8) is 0 Å². The van der Waals surface area contributed by atoms with Gasteiger partial charge in [0.2, 0.25) is 0 Å². The number of nitrogens with two attached hydrogens (primary N) is 1. The number of nitrogens with zero attached hydrogens (tertiary/aromatic N) is 3. The highest BCUT2D eigenvalue weighted by molar-refractivity contribution is 6.05. The lowest BCUT2D eigenvalue weighted by molar-refractivity contribution is 0.0712. The molecule has 1 saturated heterocycles. The summed E-state index contributed by atoms with van der Waals surface area (Å²) in [4.78, 5) is 36.4. The zero-order chi connectivity index (χ0) is 24.9. The van der Waals surface area contributed by atoms with Crippen molar-refractivity contribution in [2.45, 2.75) is 45.6 Å². The molecule has 0 saturated carbocycles. The van der Waals surface area contributed by atoms with Crippen LogP contribution in [0.2, 0.25) is 0 Å². The maximum Gasteiger partial charge on any atom is 0.257 e. The van der Waals surface area contributed by atoms with Crippen molar-refractivity contribution in [1.82, 2.24) is 14.9 Å². The molecule has 1 fully saturated rings.